The molecule has 2 rings (SSSR count). The van der Waals surface area contributed by atoms with Crippen molar-refractivity contribution in [2.75, 3.05) is 17.9 Å². The molecule has 10 nitrogen and oxygen atoms in total. The van der Waals surface area contributed by atoms with Crippen molar-refractivity contribution < 1.29 is 9.26 Å². The van der Waals surface area contributed by atoms with E-state index in [0.717, 1.165) is 0 Å². The van der Waals surface area contributed by atoms with Gasteiger partial charge in [-0.05, 0) is 0 Å². The summed E-state index contributed by atoms with van der Waals surface area (Å²) in [5.41, 5.74) is 2.30. The zero-order valence-electron chi connectivity index (χ0n) is 8.91. The Kier molecular flexibility index (Phi) is 3.25. The predicted molar refractivity (Wildman–Crippen MR) is 55.8 cm³/mol. The minimum Gasteiger partial charge on any atom is -0.467 e. The van der Waals surface area contributed by atoms with E-state index in [1.165, 1.54) is 13.5 Å². The van der Waals surface area contributed by atoms with Crippen LogP contribution in [0.3, 0.4) is 0 Å². The minimum absolute atomic E-state index is 0.142. The normalized spacial score (nSPS) is 10.0. The average molecular weight is 238 g/mol. The molecule has 0 radical (unpaired) electrons. The van der Waals surface area contributed by atoms with Crippen molar-refractivity contribution in [3.05, 3.63) is 12.2 Å². The van der Waals surface area contributed by atoms with Gasteiger partial charge in [-0.3, -0.25) is 5.43 Å². The van der Waals surface area contributed by atoms with E-state index in [1.54, 1.807) is 0 Å². The number of anilines is 2. The van der Waals surface area contributed by atoms with Crippen LogP contribution in [0.25, 0.3) is 0 Å². The van der Waals surface area contributed by atoms with E-state index in [2.05, 4.69) is 40.4 Å². The molecular formula is C7H10N8O2. The van der Waals surface area contributed by atoms with Crippen LogP contribution < -0.4 is 21.3 Å². The number of rotatable bonds is 5. The maximum atomic E-state index is 5.21. The van der Waals surface area contributed by atoms with Crippen LogP contribution in [-0.4, -0.2) is 32.2 Å². The number of methoxy groups -OCH3 is 1. The third kappa shape index (κ3) is 2.75. The van der Waals surface area contributed by atoms with Gasteiger partial charge in [0.2, 0.25) is 18.3 Å². The van der Waals surface area contributed by atoms with Crippen LogP contribution in [-0.2, 0) is 6.54 Å². The van der Waals surface area contributed by atoms with Gasteiger partial charge in [0.15, 0.2) is 5.82 Å². The molecular weight excluding hydrogens is 228 g/mol. The molecule has 0 amide bonds. The van der Waals surface area contributed by atoms with Gasteiger partial charge in [-0.1, -0.05) is 5.16 Å². The summed E-state index contributed by atoms with van der Waals surface area (Å²) in [4.78, 5) is 15.6. The SMILES string of the molecule is COc1nc(NN)nc(NCc2ncon2)n1. The standard InChI is InChI=1S/C7H10N8O2/c1-16-7-12-5(11-6(13-7)14-8)9-2-4-10-3-17-15-4/h3H,2,8H2,1H3,(H2,9,11,12,13,14). The molecule has 0 aliphatic carbocycles. The van der Waals surface area contributed by atoms with Crippen LogP contribution in [0.1, 0.15) is 5.82 Å². The van der Waals surface area contributed by atoms with E-state index < -0.39 is 0 Å². The number of hydrogen-bond donors (Lipinski definition) is 3. The van der Waals surface area contributed by atoms with Gasteiger partial charge in [-0.25, -0.2) is 5.84 Å². The van der Waals surface area contributed by atoms with Crippen LogP contribution in [0.5, 0.6) is 6.01 Å². The summed E-state index contributed by atoms with van der Waals surface area (Å²) >= 11 is 0. The van der Waals surface area contributed by atoms with E-state index >= 15 is 0 Å². The summed E-state index contributed by atoms with van der Waals surface area (Å²) in [7, 11) is 1.44. The van der Waals surface area contributed by atoms with Gasteiger partial charge in [-0.15, -0.1) is 0 Å². The molecule has 0 atom stereocenters. The van der Waals surface area contributed by atoms with Crippen molar-refractivity contribution in [3.8, 4) is 6.01 Å². The molecule has 0 bridgehead atoms. The Morgan fingerprint density at radius 2 is 2.18 bits per heavy atom. The summed E-state index contributed by atoms with van der Waals surface area (Å²) in [5.74, 6) is 6.16. The Hall–Kier alpha value is -2.49. The first-order chi connectivity index (χ1) is 8.31. The van der Waals surface area contributed by atoms with Crippen molar-refractivity contribution in [3.63, 3.8) is 0 Å². The quantitative estimate of drug-likeness (QED) is 0.446. The number of hydrogen-bond acceptors (Lipinski definition) is 10. The highest BCUT2D eigenvalue weighted by atomic mass is 16.5. The number of ether oxygens (including phenoxy) is 1. The lowest BCUT2D eigenvalue weighted by Crippen LogP contribution is -2.14. The number of nitrogens with one attached hydrogen (secondary N) is 2. The Balaban J connectivity index is 2.09. The summed E-state index contributed by atoms with van der Waals surface area (Å²) in [5, 5.41) is 6.50. The molecule has 0 aliphatic heterocycles. The summed E-state index contributed by atoms with van der Waals surface area (Å²) in [6.45, 7) is 0.313. The van der Waals surface area contributed by atoms with Crippen LogP contribution in [0.2, 0.25) is 0 Å². The molecule has 0 unspecified atom stereocenters. The lowest BCUT2D eigenvalue weighted by molar-refractivity contribution is 0.379. The lowest BCUT2D eigenvalue weighted by atomic mass is 10.6. The van der Waals surface area contributed by atoms with Crippen LogP contribution >= 0.6 is 0 Å². The summed E-state index contributed by atoms with van der Waals surface area (Å²) in [6, 6.07) is 0.142. The van der Waals surface area contributed by atoms with E-state index in [0.29, 0.717) is 12.4 Å². The van der Waals surface area contributed by atoms with Crippen molar-refractivity contribution in [1.29, 1.82) is 0 Å². The van der Waals surface area contributed by atoms with Gasteiger partial charge in [0.25, 0.3) is 0 Å². The van der Waals surface area contributed by atoms with Crippen molar-refractivity contribution in [2.24, 2.45) is 5.84 Å². The molecule has 0 aromatic carbocycles. The smallest absolute Gasteiger partial charge is 0.322 e. The summed E-state index contributed by atoms with van der Waals surface area (Å²) in [6.07, 6.45) is 1.23. The molecule has 17 heavy (non-hydrogen) atoms. The first-order valence-electron chi connectivity index (χ1n) is 4.57. The zero-order valence-corrected chi connectivity index (χ0v) is 8.91. The van der Waals surface area contributed by atoms with Gasteiger partial charge in [0.1, 0.15) is 0 Å². The Bertz CT molecular complexity index is 450. The first-order valence-corrected chi connectivity index (χ1v) is 4.57. The van der Waals surface area contributed by atoms with Gasteiger partial charge >= 0.3 is 6.01 Å². The van der Waals surface area contributed by atoms with Crippen LogP contribution in [0.4, 0.5) is 11.9 Å². The fourth-order valence-electron chi connectivity index (χ4n) is 1.02. The second kappa shape index (κ2) is 5.03. The third-order valence-electron chi connectivity index (χ3n) is 1.74. The van der Waals surface area contributed by atoms with E-state index in [9.17, 15) is 0 Å². The highest BCUT2D eigenvalue weighted by Gasteiger charge is 2.06. The van der Waals surface area contributed by atoms with E-state index in [4.69, 9.17) is 10.6 Å². The average Bonchev–Trinajstić information content (AvgIpc) is 2.89. The molecule has 0 aliphatic rings. The highest BCUT2D eigenvalue weighted by Crippen LogP contribution is 2.10. The third-order valence-corrected chi connectivity index (χ3v) is 1.74. The van der Waals surface area contributed by atoms with Crippen LogP contribution in [0, 0.1) is 0 Å². The molecule has 0 spiro atoms. The number of nitrogen functional groups attached to an aromatic ring is 1. The molecule has 4 N–H and O–H groups in total. The second-order valence-corrected chi connectivity index (χ2v) is 2.81. The molecule has 0 saturated carbocycles. The van der Waals surface area contributed by atoms with Gasteiger partial charge in [0.05, 0.1) is 13.7 Å². The molecule has 10 heteroatoms. The van der Waals surface area contributed by atoms with Crippen molar-refractivity contribution in [1.82, 2.24) is 25.1 Å². The monoisotopic (exact) mass is 238 g/mol. The number of nitrogens with two attached hydrogens (primary N) is 1. The van der Waals surface area contributed by atoms with Gasteiger partial charge in [-0.2, -0.15) is 19.9 Å². The van der Waals surface area contributed by atoms with Gasteiger partial charge in [0, 0.05) is 0 Å². The zero-order chi connectivity index (χ0) is 12.1. The maximum absolute atomic E-state index is 5.21. The van der Waals surface area contributed by atoms with Crippen molar-refractivity contribution >= 4 is 11.9 Å². The van der Waals surface area contributed by atoms with E-state index in [1.807, 2.05) is 0 Å². The Morgan fingerprint density at radius 1 is 1.35 bits per heavy atom. The molecule has 0 fully saturated rings. The Morgan fingerprint density at radius 3 is 2.82 bits per heavy atom. The molecule has 90 valence electrons. The molecule has 0 saturated heterocycles. The number of hydrazine groups is 1. The Labute approximate surface area is 95.6 Å². The van der Waals surface area contributed by atoms with Gasteiger partial charge < -0.3 is 14.6 Å². The van der Waals surface area contributed by atoms with Crippen LogP contribution in [0.15, 0.2) is 10.9 Å². The molecule has 2 heterocycles. The predicted octanol–water partition coefficient (Wildman–Crippen LogP) is -0.839. The molecule has 2 aromatic rings. The highest BCUT2D eigenvalue weighted by molar-refractivity contribution is 5.34. The lowest BCUT2D eigenvalue weighted by Gasteiger charge is -2.05. The second-order valence-electron chi connectivity index (χ2n) is 2.81. The maximum Gasteiger partial charge on any atom is 0.322 e. The fourth-order valence-corrected chi connectivity index (χ4v) is 1.02. The summed E-state index contributed by atoms with van der Waals surface area (Å²) < 4.78 is 9.47. The topological polar surface area (TPSA) is 137 Å². The van der Waals surface area contributed by atoms with Crippen molar-refractivity contribution in [2.45, 2.75) is 6.54 Å². The fraction of sp³-hybridized carbons (Fsp3) is 0.286. The largest absolute Gasteiger partial charge is 0.467 e. The first kappa shape index (κ1) is 11.0. The molecule has 2 aromatic heterocycles. The number of aromatic nitrogens is 5. The minimum atomic E-state index is 0.142. The van der Waals surface area contributed by atoms with E-state index in [-0.39, 0.29) is 17.9 Å². The number of nitrogens with zero attached hydrogens (tertiary/aromatic N) is 5.